The van der Waals surface area contributed by atoms with Crippen LogP contribution in [0.4, 0.5) is 5.69 Å². The van der Waals surface area contributed by atoms with Crippen molar-refractivity contribution in [2.75, 3.05) is 7.11 Å². The fourth-order valence-electron chi connectivity index (χ4n) is 1.84. The van der Waals surface area contributed by atoms with E-state index in [2.05, 4.69) is 15.2 Å². The molecular formula is C15H13N3O. The number of aliphatic imine (C=N–C) groups is 1. The molecule has 3 aromatic rings. The van der Waals surface area contributed by atoms with E-state index in [1.807, 2.05) is 48.7 Å². The van der Waals surface area contributed by atoms with E-state index in [0.29, 0.717) is 0 Å². The number of fused-ring (bicyclic) bond motifs is 1. The van der Waals surface area contributed by atoms with Crippen LogP contribution in [0, 0.1) is 0 Å². The summed E-state index contributed by atoms with van der Waals surface area (Å²) in [7, 11) is 1.66. The summed E-state index contributed by atoms with van der Waals surface area (Å²) in [5.74, 6) is 0.844. The van der Waals surface area contributed by atoms with Crippen LogP contribution in [0.1, 0.15) is 5.56 Å². The molecule has 4 nitrogen and oxygen atoms in total. The van der Waals surface area contributed by atoms with Crippen LogP contribution < -0.4 is 4.74 Å². The molecule has 3 rings (SSSR count). The number of hydrogen-bond acceptors (Lipinski definition) is 3. The van der Waals surface area contributed by atoms with Crippen molar-refractivity contribution in [2.45, 2.75) is 0 Å². The average Bonchev–Trinajstić information content (AvgIpc) is 2.93. The Kier molecular flexibility index (Phi) is 2.98. The lowest BCUT2D eigenvalue weighted by Crippen LogP contribution is -1.84. The highest BCUT2D eigenvalue weighted by molar-refractivity contribution is 5.85. The zero-order valence-corrected chi connectivity index (χ0v) is 10.5. The Bertz CT molecular complexity index is 714. The molecule has 0 aliphatic carbocycles. The van der Waals surface area contributed by atoms with Gasteiger partial charge >= 0.3 is 0 Å². The Morgan fingerprint density at radius 3 is 2.79 bits per heavy atom. The predicted octanol–water partition coefficient (Wildman–Crippen LogP) is 3.32. The van der Waals surface area contributed by atoms with Gasteiger partial charge in [-0.3, -0.25) is 10.1 Å². The molecule has 0 amide bonds. The molecule has 94 valence electrons. The Morgan fingerprint density at radius 2 is 2.00 bits per heavy atom. The lowest BCUT2D eigenvalue weighted by molar-refractivity contribution is 0.415. The smallest absolute Gasteiger partial charge is 0.118 e. The van der Waals surface area contributed by atoms with Crippen molar-refractivity contribution in [1.29, 1.82) is 0 Å². The van der Waals surface area contributed by atoms with Gasteiger partial charge in [0, 0.05) is 11.6 Å². The number of aromatic nitrogens is 2. The summed E-state index contributed by atoms with van der Waals surface area (Å²) in [6.07, 6.45) is 3.63. The molecule has 0 saturated carbocycles. The fourth-order valence-corrected chi connectivity index (χ4v) is 1.84. The minimum absolute atomic E-state index is 0.844. The van der Waals surface area contributed by atoms with Gasteiger partial charge in [-0.15, -0.1) is 0 Å². The van der Waals surface area contributed by atoms with Crippen molar-refractivity contribution in [3.63, 3.8) is 0 Å². The van der Waals surface area contributed by atoms with E-state index in [9.17, 15) is 0 Å². The van der Waals surface area contributed by atoms with Crippen LogP contribution in [-0.2, 0) is 0 Å². The molecule has 0 fully saturated rings. The summed E-state index contributed by atoms with van der Waals surface area (Å²) >= 11 is 0. The number of nitrogens with zero attached hydrogens (tertiary/aromatic N) is 2. The number of ether oxygens (including phenoxy) is 1. The molecule has 1 heterocycles. The number of H-pyrrole nitrogens is 1. The molecule has 2 aromatic carbocycles. The zero-order valence-electron chi connectivity index (χ0n) is 10.5. The van der Waals surface area contributed by atoms with E-state index in [4.69, 9.17) is 4.74 Å². The molecule has 0 spiro atoms. The van der Waals surface area contributed by atoms with Crippen LogP contribution in [0.15, 0.2) is 53.7 Å². The number of hydrogen-bond donors (Lipinski definition) is 1. The first kappa shape index (κ1) is 11.5. The number of aromatic amines is 1. The fraction of sp³-hybridized carbons (Fsp3) is 0.0667. The van der Waals surface area contributed by atoms with E-state index in [1.165, 1.54) is 0 Å². The van der Waals surface area contributed by atoms with Crippen molar-refractivity contribution in [2.24, 2.45) is 4.99 Å². The van der Waals surface area contributed by atoms with Crippen LogP contribution >= 0.6 is 0 Å². The van der Waals surface area contributed by atoms with Crippen LogP contribution in [0.25, 0.3) is 10.9 Å². The van der Waals surface area contributed by atoms with Crippen molar-refractivity contribution in [1.82, 2.24) is 10.2 Å². The predicted molar refractivity (Wildman–Crippen MR) is 76.3 cm³/mol. The van der Waals surface area contributed by atoms with Gasteiger partial charge in [-0.1, -0.05) is 0 Å². The number of methoxy groups -OCH3 is 1. The molecule has 19 heavy (non-hydrogen) atoms. The zero-order chi connectivity index (χ0) is 13.1. The Balaban J connectivity index is 1.84. The largest absolute Gasteiger partial charge is 0.497 e. The van der Waals surface area contributed by atoms with E-state index >= 15 is 0 Å². The highest BCUT2D eigenvalue weighted by atomic mass is 16.5. The number of benzene rings is 2. The maximum absolute atomic E-state index is 5.12. The summed E-state index contributed by atoms with van der Waals surface area (Å²) in [6.45, 7) is 0. The van der Waals surface area contributed by atoms with Gasteiger partial charge in [0.25, 0.3) is 0 Å². The lowest BCUT2D eigenvalue weighted by Gasteiger charge is -1.99. The summed E-state index contributed by atoms with van der Waals surface area (Å²) in [6, 6.07) is 13.7. The molecule has 0 atom stereocenters. The highest BCUT2D eigenvalue weighted by Crippen LogP contribution is 2.19. The summed E-state index contributed by atoms with van der Waals surface area (Å²) in [5, 5.41) is 8.01. The minimum Gasteiger partial charge on any atom is -0.497 e. The van der Waals surface area contributed by atoms with E-state index in [-0.39, 0.29) is 0 Å². The Morgan fingerprint density at radius 1 is 1.16 bits per heavy atom. The molecule has 0 saturated heterocycles. The van der Waals surface area contributed by atoms with Gasteiger partial charge < -0.3 is 4.74 Å². The molecular weight excluding hydrogens is 238 g/mol. The van der Waals surface area contributed by atoms with Crippen molar-refractivity contribution in [3.8, 4) is 5.75 Å². The minimum atomic E-state index is 0.844. The SMILES string of the molecule is COc1ccc(C=Nc2ccc3cn[nH]c3c2)cc1. The molecule has 1 N–H and O–H groups in total. The molecule has 0 unspecified atom stereocenters. The number of rotatable bonds is 3. The van der Waals surface area contributed by atoms with Crippen LogP contribution in [0.5, 0.6) is 5.75 Å². The third-order valence-corrected chi connectivity index (χ3v) is 2.90. The Hall–Kier alpha value is -2.62. The van der Waals surface area contributed by atoms with Gasteiger partial charge in [0.1, 0.15) is 5.75 Å². The lowest BCUT2D eigenvalue weighted by atomic mass is 10.2. The van der Waals surface area contributed by atoms with Gasteiger partial charge in [0.2, 0.25) is 0 Å². The Labute approximate surface area is 110 Å². The van der Waals surface area contributed by atoms with E-state index in [0.717, 1.165) is 27.9 Å². The monoisotopic (exact) mass is 251 g/mol. The standard InChI is InChI=1S/C15H13N3O/c1-19-14-6-2-11(3-7-14)9-16-13-5-4-12-10-17-18-15(12)8-13/h2-10H,1H3,(H,17,18). The second-order valence-electron chi connectivity index (χ2n) is 4.17. The number of nitrogens with one attached hydrogen (secondary N) is 1. The van der Waals surface area contributed by atoms with Crippen molar-refractivity contribution in [3.05, 3.63) is 54.2 Å². The van der Waals surface area contributed by atoms with Crippen molar-refractivity contribution >= 4 is 22.8 Å². The molecule has 1 aromatic heterocycles. The maximum Gasteiger partial charge on any atom is 0.118 e. The summed E-state index contributed by atoms with van der Waals surface area (Å²) in [4.78, 5) is 4.45. The van der Waals surface area contributed by atoms with Crippen LogP contribution in [0.2, 0.25) is 0 Å². The second kappa shape index (κ2) is 4.94. The molecule has 4 heteroatoms. The summed E-state index contributed by atoms with van der Waals surface area (Å²) < 4.78 is 5.12. The van der Waals surface area contributed by atoms with Crippen LogP contribution in [0.3, 0.4) is 0 Å². The second-order valence-corrected chi connectivity index (χ2v) is 4.17. The van der Waals surface area contributed by atoms with Gasteiger partial charge in [-0.2, -0.15) is 5.10 Å². The highest BCUT2D eigenvalue weighted by Gasteiger charge is 1.96. The normalized spacial score (nSPS) is 11.2. The van der Waals surface area contributed by atoms with Crippen LogP contribution in [-0.4, -0.2) is 23.5 Å². The third-order valence-electron chi connectivity index (χ3n) is 2.90. The molecule has 0 aliphatic rings. The molecule has 0 bridgehead atoms. The third kappa shape index (κ3) is 2.47. The van der Waals surface area contributed by atoms with Gasteiger partial charge in [0.05, 0.1) is 24.5 Å². The van der Waals surface area contributed by atoms with E-state index < -0.39 is 0 Å². The topological polar surface area (TPSA) is 50.3 Å². The quantitative estimate of drug-likeness (QED) is 0.726. The van der Waals surface area contributed by atoms with Crippen molar-refractivity contribution < 1.29 is 4.74 Å². The average molecular weight is 251 g/mol. The van der Waals surface area contributed by atoms with E-state index in [1.54, 1.807) is 13.3 Å². The molecule has 0 aliphatic heterocycles. The first-order valence-electron chi connectivity index (χ1n) is 5.96. The summed E-state index contributed by atoms with van der Waals surface area (Å²) in [5.41, 5.74) is 2.92. The van der Waals surface area contributed by atoms with Gasteiger partial charge in [-0.05, 0) is 48.0 Å². The first-order valence-corrected chi connectivity index (χ1v) is 5.96. The first-order chi connectivity index (χ1) is 9.35. The van der Waals surface area contributed by atoms with Gasteiger partial charge in [0.15, 0.2) is 0 Å². The maximum atomic E-state index is 5.12. The van der Waals surface area contributed by atoms with Gasteiger partial charge in [-0.25, -0.2) is 0 Å². The molecule has 0 radical (unpaired) electrons.